The lowest BCUT2D eigenvalue weighted by molar-refractivity contribution is -0.226. The molecule has 3 saturated heterocycles. The van der Waals surface area contributed by atoms with Gasteiger partial charge in [0.05, 0.1) is 12.6 Å². The molecule has 0 radical (unpaired) electrons. The number of fused-ring (bicyclic) bond motifs is 1. The Labute approximate surface area is 112 Å². The van der Waals surface area contributed by atoms with Crippen LogP contribution in [0.2, 0.25) is 0 Å². The van der Waals surface area contributed by atoms with Crippen LogP contribution in [0, 0.1) is 0 Å². The van der Waals surface area contributed by atoms with Crippen molar-refractivity contribution in [3.8, 4) is 0 Å². The van der Waals surface area contributed by atoms with Crippen LogP contribution in [0.3, 0.4) is 0 Å². The number of nitrogens with one attached hydrogen (secondary N) is 1. The first kappa shape index (κ1) is 13.7. The molecule has 0 aliphatic carbocycles. The second kappa shape index (κ2) is 4.36. The predicted molar refractivity (Wildman–Crippen MR) is 62.3 cm³/mol. The summed E-state index contributed by atoms with van der Waals surface area (Å²) in [5.74, 6) is -1.34. The van der Waals surface area contributed by atoms with Gasteiger partial charge in [-0.2, -0.15) is 5.48 Å². The molecule has 2 N–H and O–H groups in total. The summed E-state index contributed by atoms with van der Waals surface area (Å²) in [4.78, 5) is 0. The first-order chi connectivity index (χ1) is 8.81. The molecule has 3 aliphatic rings. The van der Waals surface area contributed by atoms with Gasteiger partial charge in [-0.25, -0.2) is 0 Å². The van der Waals surface area contributed by atoms with Crippen LogP contribution >= 0.6 is 0 Å². The van der Waals surface area contributed by atoms with E-state index in [1.807, 2.05) is 27.7 Å². The highest BCUT2D eigenvalue weighted by atomic mass is 16.8. The molecule has 0 amide bonds. The minimum atomic E-state index is -0.707. The number of hydroxylamine groups is 1. The van der Waals surface area contributed by atoms with E-state index in [0.29, 0.717) is 6.61 Å². The molecule has 3 heterocycles. The third-order valence-corrected chi connectivity index (χ3v) is 3.63. The van der Waals surface area contributed by atoms with Gasteiger partial charge in [-0.3, -0.25) is 0 Å². The normalized spacial score (nSPS) is 47.5. The van der Waals surface area contributed by atoms with E-state index in [-0.39, 0.29) is 18.3 Å². The molecule has 7 heteroatoms. The zero-order chi connectivity index (χ0) is 13.8. The molecular formula is C12H21NO6. The van der Waals surface area contributed by atoms with E-state index < -0.39 is 23.9 Å². The van der Waals surface area contributed by atoms with Gasteiger partial charge in [-0.15, -0.1) is 0 Å². The van der Waals surface area contributed by atoms with Gasteiger partial charge in [0.2, 0.25) is 0 Å². The summed E-state index contributed by atoms with van der Waals surface area (Å²) >= 11 is 0. The summed E-state index contributed by atoms with van der Waals surface area (Å²) < 4.78 is 28.5. The molecule has 0 unspecified atom stereocenters. The highest BCUT2D eigenvalue weighted by Gasteiger charge is 2.58. The Kier molecular flexibility index (Phi) is 3.14. The molecule has 5 atom stereocenters. The maximum Gasteiger partial charge on any atom is 0.189 e. The SMILES string of the molecule is CC1(C)O[C@H]2O[C@H]([C@@H]3COC(C)(C)O3)[C@@H](NO)[C@H]2O1. The fourth-order valence-electron chi connectivity index (χ4n) is 2.88. The lowest BCUT2D eigenvalue weighted by atomic mass is 10.0. The fourth-order valence-corrected chi connectivity index (χ4v) is 2.88. The van der Waals surface area contributed by atoms with Crippen molar-refractivity contribution in [1.82, 2.24) is 5.48 Å². The molecule has 7 nitrogen and oxygen atoms in total. The second-order valence-corrected chi connectivity index (χ2v) is 6.09. The second-order valence-electron chi connectivity index (χ2n) is 6.09. The van der Waals surface area contributed by atoms with Crippen LogP contribution in [-0.2, 0) is 23.7 Å². The quantitative estimate of drug-likeness (QED) is 0.704. The van der Waals surface area contributed by atoms with E-state index in [9.17, 15) is 5.21 Å². The summed E-state index contributed by atoms with van der Waals surface area (Å²) in [5.41, 5.74) is 2.26. The van der Waals surface area contributed by atoms with E-state index >= 15 is 0 Å². The highest BCUT2D eigenvalue weighted by Crippen LogP contribution is 2.40. The number of hydrogen-bond acceptors (Lipinski definition) is 7. The topological polar surface area (TPSA) is 78.4 Å². The Hall–Kier alpha value is -0.280. The average molecular weight is 275 g/mol. The number of ether oxygens (including phenoxy) is 5. The van der Waals surface area contributed by atoms with Crippen LogP contribution in [0.1, 0.15) is 27.7 Å². The van der Waals surface area contributed by atoms with E-state index in [2.05, 4.69) is 5.48 Å². The maximum absolute atomic E-state index is 9.38. The van der Waals surface area contributed by atoms with Crippen LogP contribution in [0.25, 0.3) is 0 Å². The van der Waals surface area contributed by atoms with Gasteiger partial charge in [0.25, 0.3) is 0 Å². The fraction of sp³-hybridized carbons (Fsp3) is 1.00. The van der Waals surface area contributed by atoms with Gasteiger partial charge in [-0.05, 0) is 27.7 Å². The lowest BCUT2D eigenvalue weighted by Gasteiger charge is -2.28. The summed E-state index contributed by atoms with van der Waals surface area (Å²) in [6, 6.07) is -0.408. The molecule has 110 valence electrons. The monoisotopic (exact) mass is 275 g/mol. The first-order valence-electron chi connectivity index (χ1n) is 6.54. The molecule has 0 saturated carbocycles. The minimum Gasteiger partial charge on any atom is -0.348 e. The Bertz CT molecular complexity index is 360. The summed E-state index contributed by atoms with van der Waals surface area (Å²) in [5, 5.41) is 9.38. The lowest BCUT2D eigenvalue weighted by Crippen LogP contribution is -2.49. The maximum atomic E-state index is 9.38. The van der Waals surface area contributed by atoms with Gasteiger partial charge in [0.1, 0.15) is 18.3 Å². The zero-order valence-electron chi connectivity index (χ0n) is 11.6. The van der Waals surface area contributed by atoms with Crippen molar-refractivity contribution in [2.24, 2.45) is 0 Å². The largest absolute Gasteiger partial charge is 0.348 e. The molecule has 0 aromatic heterocycles. The Balaban J connectivity index is 1.72. The van der Waals surface area contributed by atoms with Gasteiger partial charge >= 0.3 is 0 Å². The smallest absolute Gasteiger partial charge is 0.189 e. The van der Waals surface area contributed by atoms with Crippen LogP contribution in [0.5, 0.6) is 0 Å². The van der Waals surface area contributed by atoms with Crippen molar-refractivity contribution in [2.75, 3.05) is 6.61 Å². The van der Waals surface area contributed by atoms with E-state index in [4.69, 9.17) is 23.7 Å². The standard InChI is InChI=1S/C12H21NO6/c1-11(2)15-5-6(17-11)8-7(13-14)9-10(16-8)19-12(3,4)18-9/h6-10,13-14H,5H2,1-4H3/t6-,7+,8+,9+,10+/m0/s1. The molecule has 0 aromatic carbocycles. The highest BCUT2D eigenvalue weighted by molar-refractivity contribution is 5.00. The molecule has 3 rings (SSSR count). The van der Waals surface area contributed by atoms with Crippen molar-refractivity contribution in [3.05, 3.63) is 0 Å². The van der Waals surface area contributed by atoms with Gasteiger partial charge in [-0.1, -0.05) is 0 Å². The van der Waals surface area contributed by atoms with Gasteiger partial charge < -0.3 is 28.9 Å². The van der Waals surface area contributed by atoms with Crippen molar-refractivity contribution < 1.29 is 28.9 Å². The molecule has 19 heavy (non-hydrogen) atoms. The molecule has 0 aromatic rings. The number of hydrogen-bond donors (Lipinski definition) is 2. The summed E-state index contributed by atoms with van der Waals surface area (Å²) in [6.45, 7) is 7.74. The summed E-state index contributed by atoms with van der Waals surface area (Å²) in [6.07, 6.45) is -1.51. The van der Waals surface area contributed by atoms with Crippen LogP contribution in [0.4, 0.5) is 0 Å². The van der Waals surface area contributed by atoms with Crippen molar-refractivity contribution in [1.29, 1.82) is 0 Å². The third-order valence-electron chi connectivity index (χ3n) is 3.63. The van der Waals surface area contributed by atoms with Crippen LogP contribution in [-0.4, -0.2) is 54.0 Å². The number of rotatable bonds is 2. The molecular weight excluding hydrogens is 254 g/mol. The van der Waals surface area contributed by atoms with E-state index in [1.165, 1.54) is 0 Å². The van der Waals surface area contributed by atoms with Crippen molar-refractivity contribution in [3.63, 3.8) is 0 Å². The van der Waals surface area contributed by atoms with Crippen molar-refractivity contribution >= 4 is 0 Å². The van der Waals surface area contributed by atoms with Gasteiger partial charge in [0.15, 0.2) is 17.9 Å². The van der Waals surface area contributed by atoms with Gasteiger partial charge in [0, 0.05) is 0 Å². The first-order valence-corrected chi connectivity index (χ1v) is 6.54. The summed E-state index contributed by atoms with van der Waals surface area (Å²) in [7, 11) is 0. The molecule has 0 spiro atoms. The Morgan fingerprint density at radius 1 is 1.00 bits per heavy atom. The molecule has 0 bridgehead atoms. The Morgan fingerprint density at radius 3 is 2.32 bits per heavy atom. The average Bonchev–Trinajstić information content (AvgIpc) is 2.87. The van der Waals surface area contributed by atoms with Crippen molar-refractivity contribution in [2.45, 2.75) is 69.9 Å². The molecule has 3 fully saturated rings. The third kappa shape index (κ3) is 2.40. The Morgan fingerprint density at radius 2 is 1.74 bits per heavy atom. The van der Waals surface area contributed by atoms with Crippen LogP contribution in [0.15, 0.2) is 0 Å². The van der Waals surface area contributed by atoms with E-state index in [0.717, 1.165) is 0 Å². The zero-order valence-corrected chi connectivity index (χ0v) is 11.6. The predicted octanol–water partition coefficient (Wildman–Crippen LogP) is 0.362. The molecule has 3 aliphatic heterocycles. The van der Waals surface area contributed by atoms with Crippen LogP contribution < -0.4 is 5.48 Å². The van der Waals surface area contributed by atoms with E-state index in [1.54, 1.807) is 0 Å². The minimum absolute atomic E-state index is 0.263.